The molecule has 3 aromatic heterocycles. The fourth-order valence-corrected chi connectivity index (χ4v) is 5.67. The highest BCUT2D eigenvalue weighted by atomic mass is 19.4. The number of nitrogens with zero attached hydrogens (tertiary/aromatic N) is 6. The number of aromatic nitrogens is 4. The van der Waals surface area contributed by atoms with Gasteiger partial charge in [-0.1, -0.05) is 5.16 Å². The van der Waals surface area contributed by atoms with E-state index < -0.39 is 17.8 Å². The van der Waals surface area contributed by atoms with Gasteiger partial charge >= 0.3 is 6.18 Å². The zero-order valence-corrected chi connectivity index (χ0v) is 23.4. The number of hydrogen-bond acceptors (Lipinski definition) is 8. The van der Waals surface area contributed by atoms with Gasteiger partial charge in [0.2, 0.25) is 0 Å². The van der Waals surface area contributed by atoms with E-state index in [1.54, 1.807) is 36.1 Å². The molecule has 41 heavy (non-hydrogen) atoms. The van der Waals surface area contributed by atoms with Gasteiger partial charge in [0.05, 0.1) is 37.3 Å². The molecule has 0 saturated carbocycles. The maximum atomic E-state index is 14.3. The van der Waals surface area contributed by atoms with Crippen molar-refractivity contribution in [1.82, 2.24) is 29.6 Å². The number of piperazine rings is 1. The Hall–Kier alpha value is -3.97. The largest absolute Gasteiger partial charge is 0.497 e. The van der Waals surface area contributed by atoms with Crippen molar-refractivity contribution in [2.75, 3.05) is 33.4 Å². The van der Waals surface area contributed by atoms with Gasteiger partial charge in [0.15, 0.2) is 11.3 Å². The lowest BCUT2D eigenvalue weighted by molar-refractivity contribution is -0.143. The van der Waals surface area contributed by atoms with E-state index >= 15 is 0 Å². The standard InChI is InChI=1S/C28H31F3N6O4/c1-15-13-35(22(14-38)23-17(3)34-41-18(23)4)10-11-36(15)27(39)21-12-32-37-25(28(29,30)31)16(2)24(33-26(21)37)19-6-8-20(40-5)9-7-19/h6-9,12,15,22,38H,10-11,13-14H2,1-5H3/t15-,22-/m1/s1. The van der Waals surface area contributed by atoms with E-state index in [9.17, 15) is 23.1 Å². The van der Waals surface area contributed by atoms with Gasteiger partial charge in [-0.2, -0.15) is 18.3 Å². The molecular weight excluding hydrogens is 541 g/mol. The molecule has 1 aliphatic heterocycles. The lowest BCUT2D eigenvalue weighted by Crippen LogP contribution is -2.55. The number of halogens is 3. The van der Waals surface area contributed by atoms with Crippen molar-refractivity contribution >= 4 is 11.6 Å². The Morgan fingerprint density at radius 2 is 1.90 bits per heavy atom. The molecule has 2 atom stereocenters. The molecular formula is C28H31F3N6O4. The molecule has 4 aromatic rings. The number of hydrogen-bond donors (Lipinski definition) is 1. The van der Waals surface area contributed by atoms with Gasteiger partial charge < -0.3 is 19.3 Å². The van der Waals surface area contributed by atoms with Crippen LogP contribution >= 0.6 is 0 Å². The summed E-state index contributed by atoms with van der Waals surface area (Å²) in [6.45, 7) is 7.80. The number of ether oxygens (including phenoxy) is 1. The van der Waals surface area contributed by atoms with Crippen molar-refractivity contribution in [3.63, 3.8) is 0 Å². The highest BCUT2D eigenvalue weighted by molar-refractivity contribution is 6.00. The van der Waals surface area contributed by atoms with Crippen LogP contribution in [0.1, 0.15) is 51.6 Å². The summed E-state index contributed by atoms with van der Waals surface area (Å²) in [6, 6.07) is 5.86. The zero-order valence-electron chi connectivity index (χ0n) is 23.4. The number of fused-ring (bicyclic) bond motifs is 1. The van der Waals surface area contributed by atoms with Crippen LogP contribution in [0.3, 0.4) is 0 Å². The predicted octanol–water partition coefficient (Wildman–Crippen LogP) is 4.22. The third-order valence-electron chi connectivity index (χ3n) is 7.70. The van der Waals surface area contributed by atoms with Gasteiger partial charge in [-0.15, -0.1) is 0 Å². The lowest BCUT2D eigenvalue weighted by Gasteiger charge is -2.42. The third kappa shape index (κ3) is 5.04. The second-order valence-electron chi connectivity index (χ2n) is 10.2. The minimum Gasteiger partial charge on any atom is -0.497 e. The Balaban J connectivity index is 1.50. The van der Waals surface area contributed by atoms with Crippen LogP contribution in [0.25, 0.3) is 16.9 Å². The van der Waals surface area contributed by atoms with Gasteiger partial charge in [0.1, 0.15) is 17.1 Å². The summed E-state index contributed by atoms with van der Waals surface area (Å²) in [5.74, 6) is 0.707. The van der Waals surface area contributed by atoms with Crippen LogP contribution in [0, 0.1) is 20.8 Å². The summed E-state index contributed by atoms with van der Waals surface area (Å²) in [6.07, 6.45) is -3.59. The zero-order chi connectivity index (χ0) is 29.6. The average Bonchev–Trinajstić information content (AvgIpc) is 3.50. The number of rotatable bonds is 6. The Bertz CT molecular complexity index is 1560. The number of aliphatic hydroxyl groups is 1. The fourth-order valence-electron chi connectivity index (χ4n) is 5.67. The Morgan fingerprint density at radius 3 is 2.46 bits per heavy atom. The monoisotopic (exact) mass is 572 g/mol. The smallest absolute Gasteiger partial charge is 0.433 e. The number of alkyl halides is 3. The molecule has 1 aromatic carbocycles. The Morgan fingerprint density at radius 1 is 1.20 bits per heavy atom. The van der Waals surface area contributed by atoms with Gasteiger partial charge in [-0.25, -0.2) is 9.50 Å². The summed E-state index contributed by atoms with van der Waals surface area (Å²) in [4.78, 5) is 22.0. The van der Waals surface area contributed by atoms with E-state index in [0.29, 0.717) is 46.9 Å². The van der Waals surface area contributed by atoms with Crippen molar-refractivity contribution < 1.29 is 32.3 Å². The van der Waals surface area contributed by atoms with Crippen molar-refractivity contribution in [1.29, 1.82) is 0 Å². The van der Waals surface area contributed by atoms with Crippen molar-refractivity contribution in [2.24, 2.45) is 0 Å². The molecule has 5 rings (SSSR count). The van der Waals surface area contributed by atoms with Crippen LogP contribution < -0.4 is 4.74 Å². The van der Waals surface area contributed by atoms with E-state index in [0.717, 1.165) is 11.8 Å². The molecule has 218 valence electrons. The normalized spacial score (nSPS) is 17.3. The van der Waals surface area contributed by atoms with Gasteiger partial charge in [0.25, 0.3) is 5.91 Å². The number of amides is 1. The van der Waals surface area contributed by atoms with Crippen LogP contribution in [0.4, 0.5) is 13.2 Å². The molecule has 1 aliphatic rings. The van der Waals surface area contributed by atoms with Crippen LogP contribution in [0.2, 0.25) is 0 Å². The fraction of sp³-hybridized carbons (Fsp3) is 0.429. The molecule has 0 aliphatic carbocycles. The molecule has 13 heteroatoms. The summed E-state index contributed by atoms with van der Waals surface area (Å²) in [7, 11) is 1.50. The Kier molecular flexibility index (Phi) is 7.51. The van der Waals surface area contributed by atoms with E-state index in [1.807, 2.05) is 13.8 Å². The second-order valence-corrected chi connectivity index (χ2v) is 10.2. The number of aliphatic hydroxyl groups excluding tert-OH is 1. The molecule has 0 spiro atoms. The van der Waals surface area contributed by atoms with E-state index in [2.05, 4.69) is 20.1 Å². The summed E-state index contributed by atoms with van der Waals surface area (Å²) >= 11 is 0. The molecule has 10 nitrogen and oxygen atoms in total. The van der Waals surface area contributed by atoms with Crippen LogP contribution in [0.5, 0.6) is 5.75 Å². The van der Waals surface area contributed by atoms with E-state index in [1.165, 1.54) is 14.0 Å². The van der Waals surface area contributed by atoms with E-state index in [4.69, 9.17) is 9.26 Å². The number of carbonyl (C=O) groups is 1. The topological polar surface area (TPSA) is 109 Å². The molecule has 1 saturated heterocycles. The van der Waals surface area contributed by atoms with Gasteiger partial charge in [0, 0.05) is 42.4 Å². The molecule has 1 amide bonds. The molecule has 4 heterocycles. The third-order valence-corrected chi connectivity index (χ3v) is 7.70. The maximum Gasteiger partial charge on any atom is 0.433 e. The van der Waals surface area contributed by atoms with Crippen LogP contribution in [-0.2, 0) is 6.18 Å². The minimum atomic E-state index is -4.74. The molecule has 0 bridgehead atoms. The SMILES string of the molecule is COc1ccc(-c2nc3c(C(=O)N4CCN([C@H](CO)c5c(C)noc5C)C[C@H]4C)cnn3c(C(F)(F)F)c2C)cc1. The number of benzene rings is 1. The molecule has 1 fully saturated rings. The first-order valence-electron chi connectivity index (χ1n) is 13.1. The number of aryl methyl sites for hydroxylation is 2. The highest BCUT2D eigenvalue weighted by Gasteiger charge is 2.40. The average molecular weight is 573 g/mol. The van der Waals surface area contributed by atoms with Crippen molar-refractivity contribution in [2.45, 2.75) is 46.0 Å². The van der Waals surface area contributed by atoms with Crippen LogP contribution in [-0.4, -0.2) is 80.0 Å². The van der Waals surface area contributed by atoms with Crippen molar-refractivity contribution in [3.8, 4) is 17.0 Å². The van der Waals surface area contributed by atoms with Gasteiger partial charge in [-0.05, 0) is 52.0 Å². The predicted molar refractivity (Wildman–Crippen MR) is 143 cm³/mol. The molecule has 0 unspecified atom stereocenters. The number of carbonyl (C=O) groups excluding carboxylic acids is 1. The maximum absolute atomic E-state index is 14.3. The Labute approximate surface area is 234 Å². The van der Waals surface area contributed by atoms with Crippen LogP contribution in [0.15, 0.2) is 35.0 Å². The highest BCUT2D eigenvalue weighted by Crippen LogP contribution is 2.37. The van der Waals surface area contributed by atoms with Crippen molar-refractivity contribution in [3.05, 3.63) is 64.3 Å². The summed E-state index contributed by atoms with van der Waals surface area (Å²) in [5.41, 5.74) is 0.773. The van der Waals surface area contributed by atoms with E-state index in [-0.39, 0.29) is 41.2 Å². The first-order chi connectivity index (χ1) is 19.5. The molecule has 0 radical (unpaired) electrons. The first-order valence-corrected chi connectivity index (χ1v) is 13.1. The number of methoxy groups -OCH3 is 1. The summed E-state index contributed by atoms with van der Waals surface area (Å²) in [5, 5.41) is 18.1. The summed E-state index contributed by atoms with van der Waals surface area (Å²) < 4.78 is 54.1. The second kappa shape index (κ2) is 10.8. The lowest BCUT2D eigenvalue weighted by atomic mass is 10.0. The minimum absolute atomic E-state index is 0.0185. The first kappa shape index (κ1) is 28.6. The molecule has 1 N–H and O–H groups in total. The van der Waals surface area contributed by atoms with Gasteiger partial charge in [-0.3, -0.25) is 9.69 Å². The quantitative estimate of drug-likeness (QED) is 0.366.